The van der Waals surface area contributed by atoms with E-state index in [0.717, 1.165) is 0 Å². The van der Waals surface area contributed by atoms with Crippen molar-refractivity contribution < 1.29 is 14.7 Å². The summed E-state index contributed by atoms with van der Waals surface area (Å²) in [6.07, 6.45) is 0.324. The summed E-state index contributed by atoms with van der Waals surface area (Å²) in [7, 11) is 0. The molecule has 0 bridgehead atoms. The number of anilines is 1. The van der Waals surface area contributed by atoms with Gasteiger partial charge < -0.3 is 10.4 Å². The minimum Gasteiger partial charge on any atom is -0.481 e. The highest BCUT2D eigenvalue weighted by atomic mass is 32.1. The van der Waals surface area contributed by atoms with Crippen molar-refractivity contribution in [3.8, 4) is 0 Å². The molecule has 0 saturated heterocycles. The van der Waals surface area contributed by atoms with E-state index in [9.17, 15) is 14.4 Å². The second-order valence-corrected chi connectivity index (χ2v) is 7.17. The van der Waals surface area contributed by atoms with Gasteiger partial charge in [0.2, 0.25) is 0 Å². The fraction of sp³-hybridized carbons (Fsp3) is 0.263. The number of thiophene rings is 1. The van der Waals surface area contributed by atoms with Gasteiger partial charge in [0.05, 0.1) is 10.3 Å². The molecular formula is C19H19N3O4S. The van der Waals surface area contributed by atoms with Crippen molar-refractivity contribution in [3.63, 3.8) is 0 Å². The number of carboxylic acids is 1. The van der Waals surface area contributed by atoms with Crippen LogP contribution in [-0.2, 0) is 11.3 Å². The second-order valence-electron chi connectivity index (χ2n) is 6.17. The van der Waals surface area contributed by atoms with E-state index in [2.05, 4.69) is 10.3 Å². The summed E-state index contributed by atoms with van der Waals surface area (Å²) in [5.41, 5.74) is 1.03. The highest BCUT2D eigenvalue weighted by Gasteiger charge is 2.20. The van der Waals surface area contributed by atoms with Crippen LogP contribution < -0.4 is 10.9 Å². The van der Waals surface area contributed by atoms with Gasteiger partial charge in [-0.3, -0.25) is 19.0 Å². The number of aromatic nitrogens is 2. The van der Waals surface area contributed by atoms with Gasteiger partial charge in [0, 0.05) is 18.7 Å². The lowest BCUT2D eigenvalue weighted by atomic mass is 10.2. The highest BCUT2D eigenvalue weighted by Crippen LogP contribution is 2.28. The molecule has 0 unspecified atom stereocenters. The fourth-order valence-corrected chi connectivity index (χ4v) is 4.01. The number of nitrogens with zero attached hydrogens (tertiary/aromatic N) is 2. The molecule has 1 amide bonds. The molecule has 0 saturated carbocycles. The van der Waals surface area contributed by atoms with E-state index in [4.69, 9.17) is 5.11 Å². The number of carbonyl (C=O) groups excluding carboxylic acids is 1. The van der Waals surface area contributed by atoms with E-state index in [1.807, 2.05) is 18.2 Å². The summed E-state index contributed by atoms with van der Waals surface area (Å²) < 4.78 is 1.48. The molecule has 2 aromatic heterocycles. The third-order valence-corrected chi connectivity index (χ3v) is 5.44. The first-order valence-electron chi connectivity index (χ1n) is 8.47. The van der Waals surface area contributed by atoms with Crippen molar-refractivity contribution in [2.45, 2.75) is 33.2 Å². The predicted octanol–water partition coefficient (Wildman–Crippen LogP) is 3.19. The summed E-state index contributed by atoms with van der Waals surface area (Å²) >= 11 is 1.19. The number of carboxylic acid groups (broad SMARTS) is 1. The van der Waals surface area contributed by atoms with E-state index in [1.54, 1.807) is 26.0 Å². The lowest BCUT2D eigenvalue weighted by Gasteiger charge is -2.08. The number of aryl methyl sites for hydroxylation is 2. The summed E-state index contributed by atoms with van der Waals surface area (Å²) in [6, 6.07) is 9.10. The first kappa shape index (κ1) is 18.8. The molecule has 0 aliphatic rings. The third kappa shape index (κ3) is 3.90. The molecule has 8 heteroatoms. The monoisotopic (exact) mass is 385 g/mol. The normalized spacial score (nSPS) is 10.9. The Morgan fingerprint density at radius 2 is 1.93 bits per heavy atom. The molecule has 140 valence electrons. The van der Waals surface area contributed by atoms with Crippen molar-refractivity contribution in [3.05, 3.63) is 57.0 Å². The van der Waals surface area contributed by atoms with Crippen LogP contribution in [0.2, 0.25) is 0 Å². The summed E-state index contributed by atoms with van der Waals surface area (Å²) in [4.78, 5) is 41.7. The smallest absolute Gasteiger partial charge is 0.303 e. The van der Waals surface area contributed by atoms with Crippen molar-refractivity contribution >= 4 is 39.1 Å². The number of fused-ring (bicyclic) bond motifs is 1. The number of nitrogens with one attached hydrogen (secondary N) is 1. The Morgan fingerprint density at radius 3 is 2.59 bits per heavy atom. The van der Waals surface area contributed by atoms with Crippen LogP contribution in [0.25, 0.3) is 10.2 Å². The van der Waals surface area contributed by atoms with E-state index >= 15 is 0 Å². The zero-order valence-electron chi connectivity index (χ0n) is 15.0. The molecule has 1 aromatic carbocycles. The van der Waals surface area contributed by atoms with Gasteiger partial charge in [0.1, 0.15) is 10.7 Å². The summed E-state index contributed by atoms with van der Waals surface area (Å²) in [6.45, 7) is 3.72. The third-order valence-electron chi connectivity index (χ3n) is 4.25. The van der Waals surface area contributed by atoms with Crippen LogP contribution in [-0.4, -0.2) is 26.5 Å². The van der Waals surface area contributed by atoms with Crippen molar-refractivity contribution in [1.82, 2.24) is 9.55 Å². The number of hydrogen-bond acceptors (Lipinski definition) is 5. The second kappa shape index (κ2) is 7.71. The molecule has 3 aromatic rings. The number of para-hydroxylation sites is 1. The first-order valence-corrected chi connectivity index (χ1v) is 9.29. The van der Waals surface area contributed by atoms with Crippen LogP contribution in [0.1, 0.15) is 33.9 Å². The molecule has 0 fully saturated rings. The van der Waals surface area contributed by atoms with Gasteiger partial charge in [-0.25, -0.2) is 4.98 Å². The fourth-order valence-electron chi connectivity index (χ4n) is 2.90. The van der Waals surface area contributed by atoms with Crippen LogP contribution in [0.4, 0.5) is 5.69 Å². The molecule has 2 heterocycles. The molecule has 27 heavy (non-hydrogen) atoms. The van der Waals surface area contributed by atoms with Crippen molar-refractivity contribution in [2.24, 2.45) is 0 Å². The zero-order valence-corrected chi connectivity index (χ0v) is 15.8. The molecule has 0 aliphatic carbocycles. The van der Waals surface area contributed by atoms with Crippen LogP contribution in [0.3, 0.4) is 0 Å². The van der Waals surface area contributed by atoms with E-state index in [0.29, 0.717) is 38.6 Å². The Morgan fingerprint density at radius 1 is 1.22 bits per heavy atom. The SMILES string of the molecule is Cc1c(C(=O)Nc2ccccc2)sc2nc(C)n(CCCC(=O)O)c(=O)c12. The maximum absolute atomic E-state index is 12.9. The highest BCUT2D eigenvalue weighted by molar-refractivity contribution is 7.20. The number of amides is 1. The molecule has 2 N–H and O–H groups in total. The average Bonchev–Trinajstić information content (AvgIpc) is 2.95. The molecule has 0 aliphatic heterocycles. The molecule has 7 nitrogen and oxygen atoms in total. The number of carbonyl (C=O) groups is 2. The first-order chi connectivity index (χ1) is 12.9. The van der Waals surface area contributed by atoms with Gasteiger partial charge in [0.15, 0.2) is 0 Å². The Balaban J connectivity index is 1.96. The Bertz CT molecular complexity index is 1070. The molecule has 0 atom stereocenters. The van der Waals surface area contributed by atoms with Gasteiger partial charge in [-0.1, -0.05) is 18.2 Å². The minimum atomic E-state index is -0.902. The molecule has 0 spiro atoms. The zero-order chi connectivity index (χ0) is 19.6. The minimum absolute atomic E-state index is 0.0166. The standard InChI is InChI=1S/C19H19N3O4S/c1-11-15-18(20-12(2)22(19(15)26)10-6-9-14(23)24)27-16(11)17(25)21-13-7-4-3-5-8-13/h3-5,7-8H,6,9-10H2,1-2H3,(H,21,25)(H,23,24). The number of aliphatic carboxylic acids is 1. The number of rotatable bonds is 6. The van der Waals surface area contributed by atoms with Crippen molar-refractivity contribution in [2.75, 3.05) is 5.32 Å². The van der Waals surface area contributed by atoms with E-state index < -0.39 is 5.97 Å². The Hall–Kier alpha value is -3.00. The summed E-state index contributed by atoms with van der Waals surface area (Å²) in [5.74, 6) is -0.674. The molecular weight excluding hydrogens is 366 g/mol. The molecule has 0 radical (unpaired) electrons. The average molecular weight is 385 g/mol. The predicted molar refractivity (Wildman–Crippen MR) is 105 cm³/mol. The van der Waals surface area contributed by atoms with E-state index in [-0.39, 0.29) is 24.4 Å². The Labute approximate surface area is 159 Å². The van der Waals surface area contributed by atoms with Gasteiger partial charge in [0.25, 0.3) is 11.5 Å². The van der Waals surface area contributed by atoms with E-state index in [1.165, 1.54) is 15.9 Å². The lowest BCUT2D eigenvalue weighted by Crippen LogP contribution is -2.24. The van der Waals surface area contributed by atoms with Gasteiger partial charge in [-0.05, 0) is 38.0 Å². The number of hydrogen-bond donors (Lipinski definition) is 2. The molecule has 3 rings (SSSR count). The largest absolute Gasteiger partial charge is 0.481 e. The Kier molecular flexibility index (Phi) is 5.36. The van der Waals surface area contributed by atoms with Crippen LogP contribution in [0, 0.1) is 13.8 Å². The van der Waals surface area contributed by atoms with Crippen molar-refractivity contribution in [1.29, 1.82) is 0 Å². The van der Waals surface area contributed by atoms with Crippen LogP contribution in [0.15, 0.2) is 35.1 Å². The van der Waals surface area contributed by atoms with Gasteiger partial charge in [-0.2, -0.15) is 0 Å². The quantitative estimate of drug-likeness (QED) is 0.679. The summed E-state index contributed by atoms with van der Waals surface area (Å²) in [5, 5.41) is 12.0. The van der Waals surface area contributed by atoms with Crippen LogP contribution >= 0.6 is 11.3 Å². The maximum Gasteiger partial charge on any atom is 0.303 e. The van der Waals surface area contributed by atoms with Gasteiger partial charge in [-0.15, -0.1) is 11.3 Å². The number of benzene rings is 1. The van der Waals surface area contributed by atoms with Crippen LogP contribution in [0.5, 0.6) is 0 Å². The van der Waals surface area contributed by atoms with Gasteiger partial charge >= 0.3 is 5.97 Å². The topological polar surface area (TPSA) is 101 Å². The maximum atomic E-state index is 12.9. The lowest BCUT2D eigenvalue weighted by molar-refractivity contribution is -0.137.